The van der Waals surface area contributed by atoms with Crippen molar-refractivity contribution in [3.63, 3.8) is 0 Å². The number of methoxy groups -OCH3 is 2. The van der Waals surface area contributed by atoms with Gasteiger partial charge in [0.2, 0.25) is 0 Å². The van der Waals surface area contributed by atoms with Crippen LogP contribution >= 0.6 is 11.3 Å². The summed E-state index contributed by atoms with van der Waals surface area (Å²) in [6.45, 7) is 0. The molecule has 0 spiro atoms. The standard InChI is InChI=1S/C10H10N2O6S2/c1-17-5-3-4-6(20(14,15)16)8-7(5)11-9(19-8)12-10(13)18-2/h3-4H,1-2H3,(H,11,12,13)(H,14,15,16). The zero-order valence-corrected chi connectivity index (χ0v) is 12.0. The van der Waals surface area contributed by atoms with E-state index in [1.165, 1.54) is 26.4 Å². The molecule has 1 aromatic carbocycles. The molecule has 0 saturated carbocycles. The predicted molar refractivity (Wildman–Crippen MR) is 72.0 cm³/mol. The molecule has 0 fully saturated rings. The molecule has 1 heterocycles. The van der Waals surface area contributed by atoms with Crippen LogP contribution in [0, 0.1) is 0 Å². The predicted octanol–water partition coefficient (Wildman–Crippen LogP) is 1.73. The molecule has 0 bridgehead atoms. The molecule has 1 aromatic heterocycles. The summed E-state index contributed by atoms with van der Waals surface area (Å²) >= 11 is 0.882. The first-order chi connectivity index (χ1) is 9.36. The fourth-order valence-electron chi connectivity index (χ4n) is 1.52. The van der Waals surface area contributed by atoms with Crippen molar-refractivity contribution in [3.8, 4) is 5.75 Å². The van der Waals surface area contributed by atoms with E-state index in [9.17, 15) is 17.8 Å². The van der Waals surface area contributed by atoms with Crippen molar-refractivity contribution in [2.75, 3.05) is 19.5 Å². The summed E-state index contributed by atoms with van der Waals surface area (Å²) in [5.41, 5.74) is 0.221. The summed E-state index contributed by atoms with van der Waals surface area (Å²) < 4.78 is 41.5. The van der Waals surface area contributed by atoms with Crippen molar-refractivity contribution in [3.05, 3.63) is 12.1 Å². The quantitative estimate of drug-likeness (QED) is 0.828. The van der Waals surface area contributed by atoms with Gasteiger partial charge in [0.15, 0.2) is 5.13 Å². The fourth-order valence-corrected chi connectivity index (χ4v) is 3.41. The van der Waals surface area contributed by atoms with Crippen LogP contribution in [-0.2, 0) is 14.9 Å². The Hall–Kier alpha value is -1.91. The molecule has 0 unspecified atom stereocenters. The molecule has 10 heteroatoms. The maximum absolute atomic E-state index is 11.3. The second kappa shape index (κ2) is 5.23. The zero-order chi connectivity index (χ0) is 14.9. The van der Waals surface area contributed by atoms with Crippen LogP contribution in [0.1, 0.15) is 0 Å². The van der Waals surface area contributed by atoms with E-state index < -0.39 is 16.2 Å². The van der Waals surface area contributed by atoms with E-state index >= 15 is 0 Å². The molecule has 0 aliphatic heterocycles. The van der Waals surface area contributed by atoms with E-state index in [2.05, 4.69) is 15.0 Å². The molecule has 0 saturated heterocycles. The number of amides is 1. The largest absolute Gasteiger partial charge is 0.494 e. The molecule has 1 amide bonds. The number of nitrogens with one attached hydrogen (secondary N) is 1. The average Bonchev–Trinajstić information content (AvgIpc) is 2.78. The summed E-state index contributed by atoms with van der Waals surface area (Å²) in [7, 11) is -1.82. The van der Waals surface area contributed by atoms with E-state index in [4.69, 9.17) is 4.74 Å². The Morgan fingerprint density at radius 1 is 1.40 bits per heavy atom. The third-order valence-electron chi connectivity index (χ3n) is 2.36. The number of fused-ring (bicyclic) bond motifs is 1. The fraction of sp³-hybridized carbons (Fsp3) is 0.200. The van der Waals surface area contributed by atoms with Crippen molar-refractivity contribution in [1.29, 1.82) is 0 Å². The van der Waals surface area contributed by atoms with Crippen LogP contribution in [-0.4, -0.2) is 38.3 Å². The number of thiazole rings is 1. The highest BCUT2D eigenvalue weighted by Crippen LogP contribution is 2.36. The normalized spacial score (nSPS) is 11.3. The van der Waals surface area contributed by atoms with Gasteiger partial charge in [0.25, 0.3) is 10.1 Å². The second-order valence-corrected chi connectivity index (χ2v) is 5.94. The molecule has 108 valence electrons. The molecule has 8 nitrogen and oxygen atoms in total. The molecule has 0 aliphatic rings. The van der Waals surface area contributed by atoms with Crippen LogP contribution < -0.4 is 10.1 Å². The minimum Gasteiger partial charge on any atom is -0.494 e. The third-order valence-corrected chi connectivity index (χ3v) is 4.39. The van der Waals surface area contributed by atoms with E-state index in [0.717, 1.165) is 11.3 Å². The summed E-state index contributed by atoms with van der Waals surface area (Å²) in [6, 6.07) is 2.57. The van der Waals surface area contributed by atoms with Crippen LogP contribution in [0.25, 0.3) is 10.2 Å². The SMILES string of the molecule is COC(=O)Nc1nc2c(OC)ccc(S(=O)(=O)O)c2s1. The third kappa shape index (κ3) is 2.66. The van der Waals surface area contributed by atoms with E-state index in [-0.39, 0.29) is 20.2 Å². The molecule has 0 aliphatic carbocycles. The maximum atomic E-state index is 11.3. The number of hydrogen-bond acceptors (Lipinski definition) is 7. The summed E-state index contributed by atoms with van der Waals surface area (Å²) in [4.78, 5) is 14.9. The van der Waals surface area contributed by atoms with Crippen molar-refractivity contribution in [1.82, 2.24) is 4.98 Å². The van der Waals surface area contributed by atoms with Gasteiger partial charge in [0.1, 0.15) is 16.2 Å². The lowest BCUT2D eigenvalue weighted by Crippen LogP contribution is -2.10. The lowest BCUT2D eigenvalue weighted by molar-refractivity contribution is 0.187. The Balaban J connectivity index is 2.66. The van der Waals surface area contributed by atoms with Gasteiger partial charge in [-0.3, -0.25) is 9.87 Å². The van der Waals surface area contributed by atoms with Crippen LogP contribution in [0.3, 0.4) is 0 Å². The molecular formula is C10H10N2O6S2. The van der Waals surface area contributed by atoms with E-state index in [1.54, 1.807) is 0 Å². The van der Waals surface area contributed by atoms with Gasteiger partial charge in [0, 0.05) is 0 Å². The molecule has 2 N–H and O–H groups in total. The van der Waals surface area contributed by atoms with Crippen LogP contribution in [0.4, 0.5) is 9.93 Å². The van der Waals surface area contributed by atoms with Crippen molar-refractivity contribution < 1.29 is 27.2 Å². The van der Waals surface area contributed by atoms with Gasteiger partial charge in [-0.2, -0.15) is 8.42 Å². The van der Waals surface area contributed by atoms with E-state index in [0.29, 0.717) is 5.75 Å². The Bertz CT molecular complexity index is 767. The first kappa shape index (κ1) is 14.5. The number of rotatable bonds is 3. The molecule has 0 atom stereocenters. The van der Waals surface area contributed by atoms with Crippen molar-refractivity contribution >= 4 is 42.9 Å². The average molecular weight is 318 g/mol. The number of carbonyl (C=O) groups is 1. The number of anilines is 1. The highest BCUT2D eigenvalue weighted by molar-refractivity contribution is 7.86. The smallest absolute Gasteiger partial charge is 0.413 e. The van der Waals surface area contributed by atoms with Gasteiger partial charge < -0.3 is 9.47 Å². The zero-order valence-electron chi connectivity index (χ0n) is 10.4. The lowest BCUT2D eigenvalue weighted by Gasteiger charge is -2.02. The van der Waals surface area contributed by atoms with Crippen molar-refractivity contribution in [2.45, 2.75) is 4.90 Å². The Labute approximate surface area is 118 Å². The molecular weight excluding hydrogens is 308 g/mol. The van der Waals surface area contributed by atoms with Gasteiger partial charge in [-0.05, 0) is 12.1 Å². The highest BCUT2D eigenvalue weighted by atomic mass is 32.2. The lowest BCUT2D eigenvalue weighted by atomic mass is 10.3. The molecule has 2 rings (SSSR count). The summed E-state index contributed by atoms with van der Waals surface area (Å²) in [5.74, 6) is 0.321. The monoisotopic (exact) mass is 318 g/mol. The van der Waals surface area contributed by atoms with Gasteiger partial charge in [-0.15, -0.1) is 0 Å². The topological polar surface area (TPSA) is 115 Å². The highest BCUT2D eigenvalue weighted by Gasteiger charge is 2.21. The number of hydrogen-bond donors (Lipinski definition) is 2. The first-order valence-electron chi connectivity index (χ1n) is 5.17. The van der Waals surface area contributed by atoms with Gasteiger partial charge in [-0.25, -0.2) is 9.78 Å². The van der Waals surface area contributed by atoms with Crippen molar-refractivity contribution in [2.24, 2.45) is 0 Å². The number of carbonyl (C=O) groups excluding carboxylic acids is 1. The summed E-state index contributed by atoms with van der Waals surface area (Å²) in [5, 5.41) is 2.45. The van der Waals surface area contributed by atoms with Crippen LogP contribution in [0.2, 0.25) is 0 Å². The Morgan fingerprint density at radius 2 is 2.10 bits per heavy atom. The van der Waals surface area contributed by atoms with E-state index in [1.807, 2.05) is 0 Å². The van der Waals surface area contributed by atoms with Gasteiger partial charge in [0.05, 0.1) is 18.9 Å². The summed E-state index contributed by atoms with van der Waals surface area (Å²) in [6.07, 6.45) is -0.739. The number of benzene rings is 1. The molecule has 2 aromatic rings. The Kier molecular flexibility index (Phi) is 3.79. The van der Waals surface area contributed by atoms with Crippen LogP contribution in [0.15, 0.2) is 17.0 Å². The van der Waals surface area contributed by atoms with Gasteiger partial charge >= 0.3 is 6.09 Å². The first-order valence-corrected chi connectivity index (χ1v) is 7.42. The number of ether oxygens (including phenoxy) is 2. The minimum atomic E-state index is -4.40. The Morgan fingerprint density at radius 3 is 2.65 bits per heavy atom. The molecule has 20 heavy (non-hydrogen) atoms. The minimum absolute atomic E-state index is 0.126. The molecule has 0 radical (unpaired) electrons. The second-order valence-electron chi connectivity index (χ2n) is 3.55. The number of nitrogens with zero attached hydrogens (tertiary/aromatic N) is 1. The number of aromatic nitrogens is 1. The van der Waals surface area contributed by atoms with Crippen LogP contribution in [0.5, 0.6) is 5.75 Å². The van der Waals surface area contributed by atoms with Gasteiger partial charge in [-0.1, -0.05) is 11.3 Å². The maximum Gasteiger partial charge on any atom is 0.413 e.